The topological polar surface area (TPSA) is 102 Å². The van der Waals surface area contributed by atoms with E-state index in [0.29, 0.717) is 52.5 Å². The highest BCUT2D eigenvalue weighted by molar-refractivity contribution is 7.22. The molecule has 1 saturated heterocycles. The van der Waals surface area contributed by atoms with Crippen LogP contribution in [0.15, 0.2) is 66.4 Å². The van der Waals surface area contributed by atoms with Crippen LogP contribution < -0.4 is 14.4 Å². The van der Waals surface area contributed by atoms with Gasteiger partial charge in [-0.3, -0.25) is 19.5 Å². The number of benzene rings is 2. The van der Waals surface area contributed by atoms with E-state index in [2.05, 4.69) is 23.8 Å². The molecule has 1 atom stereocenters. The molecule has 1 aliphatic rings. The number of nitrogens with zero attached hydrogens (tertiary/aromatic N) is 3. The van der Waals surface area contributed by atoms with Crippen molar-refractivity contribution in [2.45, 2.75) is 33.7 Å². The number of rotatable bonds is 8. The SMILES string of the molecule is CCOc1ccc2nc(N3C(=O)C(=O)/C(=C(/O)c4ccc(OCC(C)C)c(C)c4)C3c3ccccn3)sc2c1. The summed E-state index contributed by atoms with van der Waals surface area (Å²) in [6.07, 6.45) is 1.59. The first-order valence-corrected chi connectivity index (χ1v) is 13.6. The number of aliphatic hydroxyl groups excluding tert-OH is 1. The molecule has 39 heavy (non-hydrogen) atoms. The van der Waals surface area contributed by atoms with Gasteiger partial charge in [-0.2, -0.15) is 0 Å². The lowest BCUT2D eigenvalue weighted by Gasteiger charge is -2.22. The van der Waals surface area contributed by atoms with Gasteiger partial charge in [0.15, 0.2) is 5.13 Å². The number of carbonyl (C=O) groups is 2. The number of aromatic nitrogens is 2. The van der Waals surface area contributed by atoms with Crippen LogP contribution in [0.2, 0.25) is 0 Å². The van der Waals surface area contributed by atoms with E-state index in [1.807, 2.05) is 32.0 Å². The predicted octanol–water partition coefficient (Wildman–Crippen LogP) is 6.06. The van der Waals surface area contributed by atoms with E-state index in [-0.39, 0.29) is 11.3 Å². The molecule has 4 aromatic rings. The van der Waals surface area contributed by atoms with E-state index in [4.69, 9.17) is 9.47 Å². The molecule has 5 rings (SSSR count). The summed E-state index contributed by atoms with van der Waals surface area (Å²) >= 11 is 1.27. The van der Waals surface area contributed by atoms with Crippen molar-refractivity contribution in [2.75, 3.05) is 18.1 Å². The number of fused-ring (bicyclic) bond motifs is 1. The maximum atomic E-state index is 13.5. The standard InChI is InChI=1S/C30H29N3O5S/c1-5-37-20-10-11-21-24(15-20)39-30(32-21)33-26(22-8-6-7-13-31-22)25(28(35)29(33)36)27(34)19-9-12-23(18(4)14-19)38-16-17(2)3/h6-15,17,26,34H,5,16H2,1-4H3/b27-25+. The molecule has 1 unspecified atom stereocenters. The second-order valence-corrected chi connectivity index (χ2v) is 10.7. The van der Waals surface area contributed by atoms with Crippen LogP contribution in [-0.4, -0.2) is 40.0 Å². The van der Waals surface area contributed by atoms with Crippen LogP contribution in [-0.2, 0) is 9.59 Å². The van der Waals surface area contributed by atoms with Crippen LogP contribution in [0, 0.1) is 12.8 Å². The van der Waals surface area contributed by atoms with Crippen molar-refractivity contribution < 1.29 is 24.2 Å². The van der Waals surface area contributed by atoms with Gasteiger partial charge in [0.2, 0.25) is 0 Å². The molecule has 9 heteroatoms. The Morgan fingerprint density at radius 1 is 1.10 bits per heavy atom. The molecular formula is C30H29N3O5S. The third kappa shape index (κ3) is 5.09. The van der Waals surface area contributed by atoms with Gasteiger partial charge in [-0.1, -0.05) is 31.3 Å². The molecular weight excluding hydrogens is 514 g/mol. The minimum atomic E-state index is -0.949. The molecule has 0 bridgehead atoms. The van der Waals surface area contributed by atoms with Gasteiger partial charge < -0.3 is 14.6 Å². The third-order valence-corrected chi connectivity index (χ3v) is 7.32. The molecule has 2 aromatic heterocycles. The Hall–Kier alpha value is -4.24. The highest BCUT2D eigenvalue weighted by Crippen LogP contribution is 2.44. The highest BCUT2D eigenvalue weighted by Gasteiger charge is 2.48. The van der Waals surface area contributed by atoms with Crippen molar-refractivity contribution in [3.8, 4) is 11.5 Å². The van der Waals surface area contributed by atoms with Gasteiger partial charge in [-0.05, 0) is 73.9 Å². The maximum absolute atomic E-state index is 13.5. The number of carbonyl (C=O) groups excluding carboxylic acids is 2. The van der Waals surface area contributed by atoms with E-state index in [1.165, 1.54) is 16.2 Å². The van der Waals surface area contributed by atoms with Gasteiger partial charge in [-0.15, -0.1) is 0 Å². The van der Waals surface area contributed by atoms with Crippen molar-refractivity contribution in [2.24, 2.45) is 5.92 Å². The Labute approximate surface area is 230 Å². The second-order valence-electron chi connectivity index (χ2n) is 9.67. The van der Waals surface area contributed by atoms with Crippen molar-refractivity contribution in [1.82, 2.24) is 9.97 Å². The molecule has 0 radical (unpaired) electrons. The summed E-state index contributed by atoms with van der Waals surface area (Å²) in [5.41, 5.74) is 2.30. The molecule has 2 aromatic carbocycles. The second kappa shape index (κ2) is 10.9. The normalized spacial score (nSPS) is 16.8. The first kappa shape index (κ1) is 26.4. The van der Waals surface area contributed by atoms with Crippen LogP contribution in [0.3, 0.4) is 0 Å². The number of anilines is 1. The van der Waals surface area contributed by atoms with E-state index < -0.39 is 17.7 Å². The molecule has 3 heterocycles. The Bertz CT molecular complexity index is 1580. The van der Waals surface area contributed by atoms with Crippen LogP contribution in [0.5, 0.6) is 11.5 Å². The zero-order valence-corrected chi connectivity index (χ0v) is 23.0. The Balaban J connectivity index is 1.61. The van der Waals surface area contributed by atoms with E-state index in [0.717, 1.165) is 10.3 Å². The predicted molar refractivity (Wildman–Crippen MR) is 151 cm³/mol. The van der Waals surface area contributed by atoms with Gasteiger partial charge in [0.05, 0.1) is 34.7 Å². The number of pyridine rings is 1. The number of hydrogen-bond acceptors (Lipinski definition) is 8. The first-order valence-electron chi connectivity index (χ1n) is 12.8. The van der Waals surface area contributed by atoms with Gasteiger partial charge in [0.25, 0.3) is 5.78 Å². The molecule has 1 aliphatic heterocycles. The number of amides is 1. The van der Waals surface area contributed by atoms with E-state index in [1.54, 1.807) is 42.6 Å². The van der Waals surface area contributed by atoms with Crippen molar-refractivity contribution in [3.63, 3.8) is 0 Å². The summed E-state index contributed by atoms with van der Waals surface area (Å²) in [4.78, 5) is 37.4. The monoisotopic (exact) mass is 543 g/mol. The van der Waals surface area contributed by atoms with Crippen molar-refractivity contribution in [1.29, 1.82) is 0 Å². The van der Waals surface area contributed by atoms with Gasteiger partial charge in [0, 0.05) is 11.8 Å². The largest absolute Gasteiger partial charge is 0.507 e. The molecule has 1 fully saturated rings. The molecule has 8 nitrogen and oxygen atoms in total. The molecule has 1 amide bonds. The van der Waals surface area contributed by atoms with Crippen LogP contribution in [0.25, 0.3) is 16.0 Å². The Morgan fingerprint density at radius 3 is 2.62 bits per heavy atom. The van der Waals surface area contributed by atoms with Crippen LogP contribution >= 0.6 is 11.3 Å². The third-order valence-electron chi connectivity index (χ3n) is 6.30. The van der Waals surface area contributed by atoms with Gasteiger partial charge >= 0.3 is 5.91 Å². The average Bonchev–Trinajstić information content (AvgIpc) is 3.45. The van der Waals surface area contributed by atoms with E-state index >= 15 is 0 Å². The average molecular weight is 544 g/mol. The fourth-order valence-electron chi connectivity index (χ4n) is 4.47. The Kier molecular flexibility index (Phi) is 7.34. The maximum Gasteiger partial charge on any atom is 0.301 e. The van der Waals surface area contributed by atoms with Gasteiger partial charge in [-0.25, -0.2) is 4.98 Å². The van der Waals surface area contributed by atoms with Crippen molar-refractivity contribution >= 4 is 44.1 Å². The fourth-order valence-corrected chi connectivity index (χ4v) is 5.49. The smallest absolute Gasteiger partial charge is 0.301 e. The number of thiazole rings is 1. The zero-order valence-electron chi connectivity index (χ0n) is 22.2. The number of Topliss-reactive ketones (excluding diaryl/α,β-unsaturated/α-hetero) is 1. The number of ether oxygens (including phenoxy) is 2. The number of ketones is 1. The molecule has 0 saturated carbocycles. The minimum absolute atomic E-state index is 0.0387. The van der Waals surface area contributed by atoms with E-state index in [9.17, 15) is 14.7 Å². The lowest BCUT2D eigenvalue weighted by atomic mass is 9.97. The lowest BCUT2D eigenvalue weighted by molar-refractivity contribution is -0.132. The molecule has 200 valence electrons. The van der Waals surface area contributed by atoms with Gasteiger partial charge in [0.1, 0.15) is 23.3 Å². The quantitative estimate of drug-likeness (QED) is 0.164. The number of aliphatic hydroxyl groups is 1. The highest BCUT2D eigenvalue weighted by atomic mass is 32.1. The molecule has 0 spiro atoms. The lowest BCUT2D eigenvalue weighted by Crippen LogP contribution is -2.29. The number of hydrogen-bond donors (Lipinski definition) is 1. The Morgan fingerprint density at radius 2 is 1.92 bits per heavy atom. The molecule has 1 N–H and O–H groups in total. The first-order chi connectivity index (χ1) is 18.8. The van der Waals surface area contributed by atoms with Crippen molar-refractivity contribution in [3.05, 3.63) is 83.2 Å². The summed E-state index contributed by atoms with van der Waals surface area (Å²) in [5, 5.41) is 11.8. The van der Waals surface area contributed by atoms with Crippen LogP contribution in [0.4, 0.5) is 5.13 Å². The minimum Gasteiger partial charge on any atom is -0.507 e. The summed E-state index contributed by atoms with van der Waals surface area (Å²) in [5.74, 6) is -0.0902. The van der Waals surface area contributed by atoms with Crippen LogP contribution in [0.1, 0.15) is 43.6 Å². The fraction of sp³-hybridized carbons (Fsp3) is 0.267. The zero-order chi connectivity index (χ0) is 27.7. The summed E-state index contributed by atoms with van der Waals surface area (Å²) in [6.45, 7) is 8.99. The summed E-state index contributed by atoms with van der Waals surface area (Å²) in [7, 11) is 0. The summed E-state index contributed by atoms with van der Waals surface area (Å²) < 4.78 is 12.3. The summed E-state index contributed by atoms with van der Waals surface area (Å²) in [6, 6.07) is 15.0. The number of aryl methyl sites for hydroxylation is 1. The molecule has 0 aliphatic carbocycles.